The number of Topliss-reactive ketones (excluding diaryl/α,β-unsaturated/α-hetero) is 1. The maximum Gasteiger partial charge on any atom is 0.222 e. The Morgan fingerprint density at radius 2 is 1.27 bits per heavy atom. The zero-order valence-electron chi connectivity index (χ0n) is 15.2. The Labute approximate surface area is 137 Å². The predicted molar refractivity (Wildman–Crippen MR) is 94.0 cm³/mol. The summed E-state index contributed by atoms with van der Waals surface area (Å²) in [5.74, 6) is 0.520. The van der Waals surface area contributed by atoms with Crippen molar-refractivity contribution in [3.8, 4) is 0 Å². The maximum atomic E-state index is 11.9. The highest BCUT2D eigenvalue weighted by molar-refractivity contribution is 5.78. The fourth-order valence-electron chi connectivity index (χ4n) is 2.59. The SMILES string of the molecule is CCCCCCCCCCCC(=O)N(C)CCCC(=O)CC. The molecule has 22 heavy (non-hydrogen) atoms. The first-order valence-corrected chi connectivity index (χ1v) is 9.37. The highest BCUT2D eigenvalue weighted by Gasteiger charge is 2.08. The molecule has 0 radical (unpaired) electrons. The maximum absolute atomic E-state index is 11.9. The molecule has 0 saturated heterocycles. The van der Waals surface area contributed by atoms with Gasteiger partial charge in [0, 0.05) is 32.9 Å². The number of hydrogen-bond donors (Lipinski definition) is 0. The van der Waals surface area contributed by atoms with Crippen LogP contribution in [0.15, 0.2) is 0 Å². The minimum absolute atomic E-state index is 0.229. The first kappa shape index (κ1) is 21.1. The standard InChI is InChI=1S/C19H37NO2/c1-4-6-7-8-9-10-11-12-13-16-19(22)20(3)17-14-15-18(21)5-2/h4-17H2,1-3H3. The third-order valence-electron chi connectivity index (χ3n) is 4.26. The lowest BCUT2D eigenvalue weighted by Gasteiger charge is -2.16. The molecule has 0 atom stereocenters. The van der Waals surface area contributed by atoms with Crippen molar-refractivity contribution in [3.63, 3.8) is 0 Å². The number of unbranched alkanes of at least 4 members (excludes halogenated alkanes) is 8. The molecule has 0 aromatic carbocycles. The molecule has 0 fully saturated rings. The molecule has 0 rings (SSSR count). The summed E-state index contributed by atoms with van der Waals surface area (Å²) in [4.78, 5) is 24.9. The van der Waals surface area contributed by atoms with Gasteiger partial charge in [0.2, 0.25) is 5.91 Å². The molecule has 0 aliphatic rings. The highest BCUT2D eigenvalue weighted by Crippen LogP contribution is 2.11. The third kappa shape index (κ3) is 12.8. The van der Waals surface area contributed by atoms with E-state index in [0.29, 0.717) is 31.6 Å². The molecule has 0 aromatic heterocycles. The monoisotopic (exact) mass is 311 g/mol. The molecule has 0 aliphatic carbocycles. The van der Waals surface area contributed by atoms with E-state index in [-0.39, 0.29) is 5.91 Å². The van der Waals surface area contributed by atoms with Gasteiger partial charge in [0.1, 0.15) is 5.78 Å². The number of carbonyl (C=O) groups is 2. The van der Waals surface area contributed by atoms with Crippen molar-refractivity contribution in [2.24, 2.45) is 0 Å². The van der Waals surface area contributed by atoms with E-state index in [9.17, 15) is 9.59 Å². The first-order valence-electron chi connectivity index (χ1n) is 9.37. The molecule has 0 unspecified atom stereocenters. The minimum atomic E-state index is 0.229. The van der Waals surface area contributed by atoms with Crippen LogP contribution in [-0.2, 0) is 9.59 Å². The quantitative estimate of drug-likeness (QED) is 0.393. The number of carbonyl (C=O) groups excluding carboxylic acids is 2. The molecular formula is C19H37NO2. The lowest BCUT2D eigenvalue weighted by molar-refractivity contribution is -0.130. The van der Waals surface area contributed by atoms with E-state index in [1.165, 1.54) is 51.4 Å². The summed E-state index contributed by atoms with van der Waals surface area (Å²) in [7, 11) is 1.85. The lowest BCUT2D eigenvalue weighted by atomic mass is 10.1. The van der Waals surface area contributed by atoms with Crippen LogP contribution < -0.4 is 0 Å². The number of ketones is 1. The molecule has 0 aromatic rings. The fraction of sp³-hybridized carbons (Fsp3) is 0.895. The number of amides is 1. The van der Waals surface area contributed by atoms with Crippen molar-refractivity contribution in [3.05, 3.63) is 0 Å². The summed E-state index contributed by atoms with van der Waals surface area (Å²) in [5.41, 5.74) is 0. The van der Waals surface area contributed by atoms with Crippen LogP contribution in [0.1, 0.15) is 97.3 Å². The van der Waals surface area contributed by atoms with Crippen molar-refractivity contribution >= 4 is 11.7 Å². The summed E-state index contributed by atoms with van der Waals surface area (Å²) < 4.78 is 0. The van der Waals surface area contributed by atoms with Gasteiger partial charge in [-0.3, -0.25) is 9.59 Å². The number of nitrogens with zero attached hydrogens (tertiary/aromatic N) is 1. The average Bonchev–Trinajstić information content (AvgIpc) is 2.52. The van der Waals surface area contributed by atoms with E-state index >= 15 is 0 Å². The van der Waals surface area contributed by atoms with Crippen LogP contribution in [0, 0.1) is 0 Å². The van der Waals surface area contributed by atoms with Crippen LogP contribution in [0.3, 0.4) is 0 Å². The van der Waals surface area contributed by atoms with Gasteiger partial charge < -0.3 is 4.90 Å². The molecule has 1 amide bonds. The molecular weight excluding hydrogens is 274 g/mol. The zero-order valence-corrected chi connectivity index (χ0v) is 15.2. The van der Waals surface area contributed by atoms with Gasteiger partial charge >= 0.3 is 0 Å². The van der Waals surface area contributed by atoms with Crippen LogP contribution in [0.4, 0.5) is 0 Å². The summed E-state index contributed by atoms with van der Waals surface area (Å²) in [6, 6.07) is 0. The van der Waals surface area contributed by atoms with Crippen LogP contribution in [0.5, 0.6) is 0 Å². The molecule has 3 heteroatoms. The predicted octanol–water partition coefficient (Wildman–Crippen LogP) is 5.13. The molecule has 0 bridgehead atoms. The molecule has 0 spiro atoms. The second kappa shape index (κ2) is 15.1. The van der Waals surface area contributed by atoms with Crippen LogP contribution in [-0.4, -0.2) is 30.2 Å². The third-order valence-corrected chi connectivity index (χ3v) is 4.26. The number of rotatable bonds is 15. The molecule has 0 N–H and O–H groups in total. The molecule has 0 saturated carbocycles. The molecule has 0 aliphatic heterocycles. The topological polar surface area (TPSA) is 37.4 Å². The minimum Gasteiger partial charge on any atom is -0.346 e. The van der Waals surface area contributed by atoms with Gasteiger partial charge in [-0.05, 0) is 12.8 Å². The van der Waals surface area contributed by atoms with E-state index in [0.717, 1.165) is 12.8 Å². The molecule has 130 valence electrons. The van der Waals surface area contributed by atoms with Crippen molar-refractivity contribution in [1.29, 1.82) is 0 Å². The second-order valence-electron chi connectivity index (χ2n) is 6.39. The highest BCUT2D eigenvalue weighted by atomic mass is 16.2. The van der Waals surface area contributed by atoms with Gasteiger partial charge in [0.15, 0.2) is 0 Å². The summed E-state index contributed by atoms with van der Waals surface area (Å²) >= 11 is 0. The van der Waals surface area contributed by atoms with E-state index in [1.54, 1.807) is 4.90 Å². The fourth-order valence-corrected chi connectivity index (χ4v) is 2.59. The summed E-state index contributed by atoms with van der Waals surface area (Å²) in [6.45, 7) is 4.85. The Morgan fingerprint density at radius 3 is 1.82 bits per heavy atom. The van der Waals surface area contributed by atoms with Crippen molar-refractivity contribution in [2.45, 2.75) is 97.3 Å². The largest absolute Gasteiger partial charge is 0.346 e. The van der Waals surface area contributed by atoms with E-state index in [2.05, 4.69) is 6.92 Å². The van der Waals surface area contributed by atoms with Gasteiger partial charge in [0.25, 0.3) is 0 Å². The van der Waals surface area contributed by atoms with E-state index in [4.69, 9.17) is 0 Å². The van der Waals surface area contributed by atoms with E-state index < -0.39 is 0 Å². The van der Waals surface area contributed by atoms with Crippen molar-refractivity contribution < 1.29 is 9.59 Å². The Kier molecular flexibility index (Phi) is 14.5. The van der Waals surface area contributed by atoms with Gasteiger partial charge in [-0.15, -0.1) is 0 Å². The van der Waals surface area contributed by atoms with Gasteiger partial charge in [-0.2, -0.15) is 0 Å². The molecule has 3 nitrogen and oxygen atoms in total. The van der Waals surface area contributed by atoms with Crippen LogP contribution in [0.2, 0.25) is 0 Å². The normalized spacial score (nSPS) is 10.7. The Morgan fingerprint density at radius 1 is 0.727 bits per heavy atom. The van der Waals surface area contributed by atoms with E-state index in [1.807, 2.05) is 14.0 Å². The Hall–Kier alpha value is -0.860. The summed E-state index contributed by atoms with van der Waals surface area (Å²) in [6.07, 6.45) is 14.2. The van der Waals surface area contributed by atoms with Gasteiger partial charge in [-0.25, -0.2) is 0 Å². The smallest absolute Gasteiger partial charge is 0.222 e. The Balaban J connectivity index is 3.42. The Bertz CT molecular complexity index is 289. The van der Waals surface area contributed by atoms with Gasteiger partial charge in [0.05, 0.1) is 0 Å². The lowest BCUT2D eigenvalue weighted by Crippen LogP contribution is -2.27. The van der Waals surface area contributed by atoms with Crippen molar-refractivity contribution in [1.82, 2.24) is 4.90 Å². The van der Waals surface area contributed by atoms with Crippen LogP contribution >= 0.6 is 0 Å². The zero-order chi connectivity index (χ0) is 16.6. The van der Waals surface area contributed by atoms with Crippen LogP contribution in [0.25, 0.3) is 0 Å². The summed E-state index contributed by atoms with van der Waals surface area (Å²) in [5, 5.41) is 0. The second-order valence-corrected chi connectivity index (χ2v) is 6.39. The first-order chi connectivity index (χ1) is 10.6. The average molecular weight is 312 g/mol. The number of hydrogen-bond acceptors (Lipinski definition) is 2. The van der Waals surface area contributed by atoms with Gasteiger partial charge in [-0.1, -0.05) is 65.2 Å². The van der Waals surface area contributed by atoms with Crippen molar-refractivity contribution in [2.75, 3.05) is 13.6 Å². The molecule has 0 heterocycles.